The second-order valence-electron chi connectivity index (χ2n) is 3.81. The van der Waals surface area contributed by atoms with E-state index in [0.717, 1.165) is 6.42 Å². The number of hydrogen-bond acceptors (Lipinski definition) is 2. The van der Waals surface area contributed by atoms with Gasteiger partial charge in [-0.3, -0.25) is 0 Å². The van der Waals surface area contributed by atoms with E-state index < -0.39 is 0 Å². The quantitative estimate of drug-likeness (QED) is 0.769. The van der Waals surface area contributed by atoms with Crippen LogP contribution in [0.25, 0.3) is 0 Å². The molecule has 1 aromatic rings. The van der Waals surface area contributed by atoms with Crippen molar-refractivity contribution in [2.75, 3.05) is 5.32 Å². The van der Waals surface area contributed by atoms with Crippen molar-refractivity contribution in [1.82, 2.24) is 0 Å². The molecule has 0 bridgehead atoms. The molecule has 3 N–H and O–H groups in total. The second kappa shape index (κ2) is 5.01. The molecule has 1 aromatic carbocycles. The number of anilines is 1. The van der Waals surface area contributed by atoms with Crippen molar-refractivity contribution in [2.45, 2.75) is 39.8 Å². The molecule has 1 rings (SSSR count). The number of hydrogen-bond donors (Lipinski definition) is 2. The van der Waals surface area contributed by atoms with Crippen LogP contribution >= 0.6 is 0 Å². The fraction of sp³-hybridized carbons (Fsp3) is 0.500. The normalized spacial score (nSPS) is 12.6. The second-order valence-corrected chi connectivity index (χ2v) is 3.81. The van der Waals surface area contributed by atoms with Crippen LogP contribution in [0, 0.1) is 6.92 Å². The van der Waals surface area contributed by atoms with E-state index in [1.807, 2.05) is 0 Å². The van der Waals surface area contributed by atoms with Gasteiger partial charge in [0.1, 0.15) is 0 Å². The van der Waals surface area contributed by atoms with Gasteiger partial charge < -0.3 is 11.1 Å². The zero-order valence-electron chi connectivity index (χ0n) is 9.30. The van der Waals surface area contributed by atoms with Crippen molar-refractivity contribution < 1.29 is 0 Å². The largest absolute Gasteiger partial charge is 0.382 e. The minimum atomic E-state index is 0.515. The molecule has 0 fully saturated rings. The predicted molar refractivity (Wildman–Crippen MR) is 62.4 cm³/mol. The minimum absolute atomic E-state index is 0.515. The Balaban J connectivity index is 2.83. The monoisotopic (exact) mass is 192 g/mol. The van der Waals surface area contributed by atoms with Crippen LogP contribution in [0.3, 0.4) is 0 Å². The minimum Gasteiger partial charge on any atom is -0.382 e. The molecule has 0 heterocycles. The van der Waals surface area contributed by atoms with Crippen LogP contribution < -0.4 is 11.1 Å². The summed E-state index contributed by atoms with van der Waals surface area (Å²) in [5.74, 6) is 0. The molecule has 2 nitrogen and oxygen atoms in total. The van der Waals surface area contributed by atoms with Crippen LogP contribution in [0.2, 0.25) is 0 Å². The molecule has 0 spiro atoms. The van der Waals surface area contributed by atoms with Crippen molar-refractivity contribution in [1.29, 1.82) is 0 Å². The lowest BCUT2D eigenvalue weighted by Crippen LogP contribution is -2.14. The highest BCUT2D eigenvalue weighted by atomic mass is 14.9. The van der Waals surface area contributed by atoms with Crippen molar-refractivity contribution in [2.24, 2.45) is 5.73 Å². The average molecular weight is 192 g/mol. The van der Waals surface area contributed by atoms with Crippen LogP contribution in [0.5, 0.6) is 0 Å². The van der Waals surface area contributed by atoms with Crippen LogP contribution in [0.4, 0.5) is 5.69 Å². The third-order valence-corrected chi connectivity index (χ3v) is 2.55. The Morgan fingerprint density at radius 1 is 1.43 bits per heavy atom. The average Bonchev–Trinajstić information content (AvgIpc) is 2.21. The van der Waals surface area contributed by atoms with Gasteiger partial charge in [0.2, 0.25) is 0 Å². The number of aryl methyl sites for hydroxylation is 1. The first-order valence-electron chi connectivity index (χ1n) is 5.23. The fourth-order valence-electron chi connectivity index (χ4n) is 1.32. The van der Waals surface area contributed by atoms with Crippen molar-refractivity contribution in [3.63, 3.8) is 0 Å². The summed E-state index contributed by atoms with van der Waals surface area (Å²) in [6.45, 7) is 7.09. The lowest BCUT2D eigenvalue weighted by atomic mass is 10.1. The summed E-state index contributed by atoms with van der Waals surface area (Å²) >= 11 is 0. The van der Waals surface area contributed by atoms with Gasteiger partial charge in [0.05, 0.1) is 0 Å². The Kier molecular flexibility index (Phi) is 3.96. The zero-order chi connectivity index (χ0) is 10.6. The van der Waals surface area contributed by atoms with E-state index in [-0.39, 0.29) is 0 Å². The Morgan fingerprint density at radius 2 is 2.14 bits per heavy atom. The molecule has 0 aliphatic rings. The Labute approximate surface area is 86.5 Å². The summed E-state index contributed by atoms with van der Waals surface area (Å²) in [5, 5.41) is 3.48. The Bertz CT molecular complexity index is 294. The van der Waals surface area contributed by atoms with Gasteiger partial charge in [0, 0.05) is 18.3 Å². The Hall–Kier alpha value is -1.02. The van der Waals surface area contributed by atoms with E-state index in [9.17, 15) is 0 Å². The molecule has 0 aromatic heterocycles. The summed E-state index contributed by atoms with van der Waals surface area (Å²) in [5.41, 5.74) is 9.28. The van der Waals surface area contributed by atoms with E-state index >= 15 is 0 Å². The van der Waals surface area contributed by atoms with Crippen molar-refractivity contribution >= 4 is 5.69 Å². The highest BCUT2D eigenvalue weighted by Crippen LogP contribution is 2.18. The fourth-order valence-corrected chi connectivity index (χ4v) is 1.32. The Morgan fingerprint density at radius 3 is 2.71 bits per heavy atom. The SMILES string of the molecule is CCC(C)Nc1cc(CN)ccc1C. The topological polar surface area (TPSA) is 38.0 Å². The molecule has 1 unspecified atom stereocenters. The molecule has 0 radical (unpaired) electrons. The summed E-state index contributed by atoms with van der Waals surface area (Å²) in [6.07, 6.45) is 1.13. The first-order valence-corrected chi connectivity index (χ1v) is 5.23. The van der Waals surface area contributed by atoms with E-state index in [1.165, 1.54) is 16.8 Å². The van der Waals surface area contributed by atoms with Gasteiger partial charge in [-0.2, -0.15) is 0 Å². The summed E-state index contributed by atoms with van der Waals surface area (Å²) < 4.78 is 0. The van der Waals surface area contributed by atoms with Gasteiger partial charge in [-0.25, -0.2) is 0 Å². The lowest BCUT2D eigenvalue weighted by molar-refractivity contribution is 0.763. The van der Waals surface area contributed by atoms with Crippen LogP contribution in [0.1, 0.15) is 31.4 Å². The van der Waals surface area contributed by atoms with Gasteiger partial charge in [0.15, 0.2) is 0 Å². The van der Waals surface area contributed by atoms with E-state index in [0.29, 0.717) is 12.6 Å². The number of nitrogens with one attached hydrogen (secondary N) is 1. The zero-order valence-corrected chi connectivity index (χ0v) is 9.30. The first-order chi connectivity index (χ1) is 6.67. The molecule has 0 aliphatic heterocycles. The number of nitrogens with two attached hydrogens (primary N) is 1. The number of benzene rings is 1. The van der Waals surface area contributed by atoms with Crippen LogP contribution in [-0.2, 0) is 6.54 Å². The molecule has 0 aliphatic carbocycles. The number of rotatable bonds is 4. The third-order valence-electron chi connectivity index (χ3n) is 2.55. The lowest BCUT2D eigenvalue weighted by Gasteiger charge is -2.16. The first kappa shape index (κ1) is 11.1. The van der Waals surface area contributed by atoms with Gasteiger partial charge in [0.25, 0.3) is 0 Å². The van der Waals surface area contributed by atoms with Gasteiger partial charge >= 0.3 is 0 Å². The molecule has 0 amide bonds. The van der Waals surface area contributed by atoms with Gasteiger partial charge in [-0.15, -0.1) is 0 Å². The van der Waals surface area contributed by atoms with Gasteiger partial charge in [-0.05, 0) is 37.5 Å². The molecule has 14 heavy (non-hydrogen) atoms. The molecule has 78 valence electrons. The van der Waals surface area contributed by atoms with E-state index in [2.05, 4.69) is 44.3 Å². The standard InChI is InChI=1S/C12H20N2/c1-4-10(3)14-12-7-11(8-13)6-5-9(12)2/h5-7,10,14H,4,8,13H2,1-3H3. The third kappa shape index (κ3) is 2.74. The molecular formula is C12H20N2. The molecular weight excluding hydrogens is 172 g/mol. The molecule has 1 atom stereocenters. The van der Waals surface area contributed by atoms with E-state index in [1.54, 1.807) is 0 Å². The van der Waals surface area contributed by atoms with Crippen LogP contribution in [0.15, 0.2) is 18.2 Å². The van der Waals surface area contributed by atoms with Crippen LogP contribution in [-0.4, -0.2) is 6.04 Å². The predicted octanol–water partition coefficient (Wildman–Crippen LogP) is 2.66. The maximum Gasteiger partial charge on any atom is 0.0375 e. The maximum atomic E-state index is 5.60. The smallest absolute Gasteiger partial charge is 0.0375 e. The summed E-state index contributed by atoms with van der Waals surface area (Å²) in [4.78, 5) is 0. The van der Waals surface area contributed by atoms with Gasteiger partial charge in [-0.1, -0.05) is 19.1 Å². The highest BCUT2D eigenvalue weighted by molar-refractivity contribution is 5.53. The summed E-state index contributed by atoms with van der Waals surface area (Å²) in [6, 6.07) is 6.85. The maximum absolute atomic E-state index is 5.60. The molecule has 0 saturated carbocycles. The van der Waals surface area contributed by atoms with E-state index in [4.69, 9.17) is 5.73 Å². The molecule has 2 heteroatoms. The van der Waals surface area contributed by atoms with Crippen molar-refractivity contribution in [3.05, 3.63) is 29.3 Å². The highest BCUT2D eigenvalue weighted by Gasteiger charge is 2.02. The van der Waals surface area contributed by atoms with Crippen molar-refractivity contribution in [3.8, 4) is 0 Å². The molecule has 0 saturated heterocycles. The summed E-state index contributed by atoms with van der Waals surface area (Å²) in [7, 11) is 0.